The molecule has 0 spiro atoms. The van der Waals surface area contributed by atoms with Crippen molar-refractivity contribution in [3.63, 3.8) is 0 Å². The molecule has 0 bridgehead atoms. The summed E-state index contributed by atoms with van der Waals surface area (Å²) in [5.41, 5.74) is 12.2. The van der Waals surface area contributed by atoms with Crippen molar-refractivity contribution in [2.24, 2.45) is 11.5 Å². The Morgan fingerprint density at radius 1 is 1.20 bits per heavy atom. The van der Waals surface area contributed by atoms with Crippen LogP contribution >= 0.6 is 11.3 Å². The first-order valence-corrected chi connectivity index (χ1v) is 6.93. The smallest absolute Gasteiger partial charge is 0.241 e. The summed E-state index contributed by atoms with van der Waals surface area (Å²) in [4.78, 5) is 23.8. The highest BCUT2D eigenvalue weighted by Crippen LogP contribution is 2.31. The highest BCUT2D eigenvalue weighted by molar-refractivity contribution is 7.13. The number of primary amides is 1. The molecule has 2 amide bonds. The summed E-state index contributed by atoms with van der Waals surface area (Å²) in [7, 11) is 0. The molecule has 5 N–H and O–H groups in total. The minimum Gasteiger partial charge on any atom is -0.370 e. The average Bonchev–Trinajstić information content (AvgIpc) is 2.92. The van der Waals surface area contributed by atoms with Crippen LogP contribution in [0, 0.1) is 0 Å². The van der Waals surface area contributed by atoms with Crippen LogP contribution < -0.4 is 16.8 Å². The summed E-state index contributed by atoms with van der Waals surface area (Å²) >= 11 is 1.58. The molecule has 0 saturated heterocycles. The topological polar surface area (TPSA) is 98.2 Å². The van der Waals surface area contributed by atoms with Crippen LogP contribution in [0.3, 0.4) is 0 Å². The molecule has 0 aliphatic rings. The molecule has 0 aliphatic carbocycles. The molecule has 20 heavy (non-hydrogen) atoms. The van der Waals surface area contributed by atoms with E-state index in [1.807, 2.05) is 35.7 Å². The fourth-order valence-corrected chi connectivity index (χ4v) is 2.54. The Kier molecular flexibility index (Phi) is 4.49. The number of nitrogens with two attached hydrogens (primary N) is 2. The lowest BCUT2D eigenvalue weighted by molar-refractivity contribution is -0.123. The number of hydrogen-bond donors (Lipinski definition) is 3. The molecule has 104 valence electrons. The van der Waals surface area contributed by atoms with Gasteiger partial charge in [0.05, 0.1) is 12.5 Å². The number of para-hydroxylation sites is 1. The van der Waals surface area contributed by atoms with E-state index in [1.165, 1.54) is 0 Å². The number of carbonyl (C=O) groups is 2. The molecule has 0 saturated carbocycles. The summed E-state index contributed by atoms with van der Waals surface area (Å²) in [6.45, 7) is 0. The third-order valence-electron chi connectivity index (χ3n) is 2.73. The fourth-order valence-electron chi connectivity index (χ4n) is 1.77. The zero-order valence-electron chi connectivity index (χ0n) is 10.7. The lowest BCUT2D eigenvalue weighted by atomic mass is 10.1. The number of rotatable bonds is 5. The Hall–Kier alpha value is -2.18. The van der Waals surface area contributed by atoms with Crippen molar-refractivity contribution >= 4 is 28.8 Å². The fraction of sp³-hybridized carbons (Fsp3) is 0.143. The first-order chi connectivity index (χ1) is 9.58. The van der Waals surface area contributed by atoms with Crippen molar-refractivity contribution in [1.82, 2.24) is 0 Å². The van der Waals surface area contributed by atoms with Gasteiger partial charge in [0.15, 0.2) is 0 Å². The average molecular weight is 289 g/mol. The van der Waals surface area contributed by atoms with Crippen molar-refractivity contribution in [2.45, 2.75) is 12.5 Å². The molecule has 1 unspecified atom stereocenters. The number of benzene rings is 1. The van der Waals surface area contributed by atoms with Gasteiger partial charge < -0.3 is 16.8 Å². The number of hydrogen-bond acceptors (Lipinski definition) is 4. The van der Waals surface area contributed by atoms with Crippen LogP contribution in [0.25, 0.3) is 10.4 Å². The molecule has 1 aromatic carbocycles. The van der Waals surface area contributed by atoms with Gasteiger partial charge in [-0.2, -0.15) is 0 Å². The van der Waals surface area contributed by atoms with E-state index in [0.717, 1.165) is 10.4 Å². The van der Waals surface area contributed by atoms with E-state index >= 15 is 0 Å². The van der Waals surface area contributed by atoms with Crippen molar-refractivity contribution in [1.29, 1.82) is 0 Å². The minimum absolute atomic E-state index is 0.174. The van der Waals surface area contributed by atoms with E-state index in [-0.39, 0.29) is 6.42 Å². The largest absolute Gasteiger partial charge is 0.370 e. The van der Waals surface area contributed by atoms with Gasteiger partial charge in [-0.1, -0.05) is 24.3 Å². The van der Waals surface area contributed by atoms with Gasteiger partial charge in [0, 0.05) is 16.1 Å². The second kappa shape index (κ2) is 6.31. The molecule has 0 fully saturated rings. The molecule has 2 aromatic rings. The van der Waals surface area contributed by atoms with E-state index in [1.54, 1.807) is 17.4 Å². The van der Waals surface area contributed by atoms with E-state index in [4.69, 9.17) is 11.5 Å². The van der Waals surface area contributed by atoms with Gasteiger partial charge >= 0.3 is 0 Å². The standard InChI is InChI=1S/C14H15N3O2S/c15-10(8-13(16)18)14(19)17-11-5-2-1-4-9(11)12-6-3-7-20-12/h1-7,10H,8,15H2,(H2,16,18)(H,17,19). The van der Waals surface area contributed by atoms with Gasteiger partial charge in [-0.15, -0.1) is 11.3 Å². The number of thiophene rings is 1. The van der Waals surface area contributed by atoms with Gasteiger partial charge in [-0.25, -0.2) is 0 Å². The number of amides is 2. The number of anilines is 1. The summed E-state index contributed by atoms with van der Waals surface area (Å²) in [5, 5.41) is 4.70. The Morgan fingerprint density at radius 3 is 2.60 bits per heavy atom. The van der Waals surface area contributed by atoms with E-state index < -0.39 is 17.9 Å². The van der Waals surface area contributed by atoms with Crippen molar-refractivity contribution in [3.05, 3.63) is 41.8 Å². The normalized spacial score (nSPS) is 11.8. The first-order valence-electron chi connectivity index (χ1n) is 6.05. The van der Waals surface area contributed by atoms with Crippen LogP contribution in [0.15, 0.2) is 41.8 Å². The maximum absolute atomic E-state index is 11.9. The molecule has 2 rings (SSSR count). The van der Waals surface area contributed by atoms with Crippen molar-refractivity contribution < 1.29 is 9.59 Å². The molecule has 0 aliphatic heterocycles. The number of carbonyl (C=O) groups excluding carboxylic acids is 2. The predicted octanol–water partition coefficient (Wildman–Crippen LogP) is 1.56. The highest BCUT2D eigenvalue weighted by atomic mass is 32.1. The third kappa shape index (κ3) is 3.43. The summed E-state index contributed by atoms with van der Waals surface area (Å²) in [6, 6.07) is 10.4. The van der Waals surface area contributed by atoms with Crippen LogP contribution in [0.1, 0.15) is 6.42 Å². The molecule has 1 atom stereocenters. The number of nitrogens with one attached hydrogen (secondary N) is 1. The molecule has 6 heteroatoms. The predicted molar refractivity (Wildman–Crippen MR) is 80.2 cm³/mol. The third-order valence-corrected chi connectivity index (χ3v) is 3.63. The summed E-state index contributed by atoms with van der Waals surface area (Å²) in [5.74, 6) is -1.02. The minimum atomic E-state index is -0.941. The van der Waals surface area contributed by atoms with Gasteiger partial charge in [-0.3, -0.25) is 9.59 Å². The Morgan fingerprint density at radius 2 is 1.95 bits per heavy atom. The van der Waals surface area contributed by atoms with E-state index in [0.29, 0.717) is 5.69 Å². The van der Waals surface area contributed by atoms with Gasteiger partial charge in [-0.05, 0) is 17.5 Å². The first kappa shape index (κ1) is 14.2. The van der Waals surface area contributed by atoms with Crippen LogP contribution in [0.2, 0.25) is 0 Å². The lowest BCUT2D eigenvalue weighted by Gasteiger charge is -2.13. The van der Waals surface area contributed by atoms with Crippen molar-refractivity contribution in [3.8, 4) is 10.4 Å². The van der Waals surface area contributed by atoms with Gasteiger partial charge in [0.25, 0.3) is 0 Å². The zero-order chi connectivity index (χ0) is 14.5. The monoisotopic (exact) mass is 289 g/mol. The molecule has 0 radical (unpaired) electrons. The summed E-state index contributed by atoms with van der Waals surface area (Å²) in [6.07, 6.45) is -0.174. The van der Waals surface area contributed by atoms with Crippen LogP contribution in [0.5, 0.6) is 0 Å². The Labute approximate surface area is 120 Å². The molecule has 1 aromatic heterocycles. The SMILES string of the molecule is NC(=O)CC(N)C(=O)Nc1ccccc1-c1cccs1. The molecular formula is C14H15N3O2S. The second-order valence-electron chi connectivity index (χ2n) is 4.29. The maximum Gasteiger partial charge on any atom is 0.241 e. The van der Waals surface area contributed by atoms with E-state index in [9.17, 15) is 9.59 Å². The molecule has 5 nitrogen and oxygen atoms in total. The molecule has 1 heterocycles. The van der Waals surface area contributed by atoms with Crippen molar-refractivity contribution in [2.75, 3.05) is 5.32 Å². The molecular weight excluding hydrogens is 274 g/mol. The van der Waals surface area contributed by atoms with E-state index in [2.05, 4.69) is 5.32 Å². The van der Waals surface area contributed by atoms with Gasteiger partial charge in [0.1, 0.15) is 0 Å². The highest BCUT2D eigenvalue weighted by Gasteiger charge is 2.17. The van der Waals surface area contributed by atoms with Crippen LogP contribution in [-0.4, -0.2) is 17.9 Å². The Bertz CT molecular complexity index is 611. The second-order valence-corrected chi connectivity index (χ2v) is 5.24. The lowest BCUT2D eigenvalue weighted by Crippen LogP contribution is -2.39. The zero-order valence-corrected chi connectivity index (χ0v) is 11.5. The quantitative estimate of drug-likeness (QED) is 0.779. The van der Waals surface area contributed by atoms with Crippen LogP contribution in [0.4, 0.5) is 5.69 Å². The van der Waals surface area contributed by atoms with Crippen LogP contribution in [-0.2, 0) is 9.59 Å². The van der Waals surface area contributed by atoms with Gasteiger partial charge in [0.2, 0.25) is 11.8 Å². The summed E-state index contributed by atoms with van der Waals surface area (Å²) < 4.78 is 0. The Balaban J connectivity index is 2.18. The maximum atomic E-state index is 11.9.